The molecule has 0 aliphatic heterocycles. The summed E-state index contributed by atoms with van der Waals surface area (Å²) in [4.78, 5) is 25.0. The van der Waals surface area contributed by atoms with Gasteiger partial charge < -0.3 is 16.0 Å². The Bertz CT molecular complexity index is 882. The van der Waals surface area contributed by atoms with Crippen molar-refractivity contribution in [1.82, 2.24) is 15.0 Å². The summed E-state index contributed by atoms with van der Waals surface area (Å²) in [6.45, 7) is 1.89. The van der Waals surface area contributed by atoms with Gasteiger partial charge in [0.15, 0.2) is 0 Å². The Hall–Kier alpha value is -3.48. The first-order valence-corrected chi connectivity index (χ1v) is 7.76. The van der Waals surface area contributed by atoms with Crippen LogP contribution in [0.25, 0.3) is 0 Å². The molecule has 0 atom stereocenters. The Morgan fingerprint density at radius 1 is 1.04 bits per heavy atom. The van der Waals surface area contributed by atoms with Crippen molar-refractivity contribution in [3.63, 3.8) is 0 Å². The van der Waals surface area contributed by atoms with Crippen molar-refractivity contribution in [2.75, 3.05) is 23.0 Å². The number of hydrogen-bond donors (Lipinski definition) is 3. The number of anilines is 4. The molecule has 1 aromatic carbocycles. The van der Waals surface area contributed by atoms with Gasteiger partial charge in [-0.1, -0.05) is 6.07 Å². The minimum Gasteiger partial charge on any atom is -0.373 e. The van der Waals surface area contributed by atoms with E-state index in [1.807, 2.05) is 19.1 Å². The number of carbonyl (C=O) groups is 1. The topological polar surface area (TPSA) is 91.8 Å². The van der Waals surface area contributed by atoms with E-state index in [9.17, 15) is 4.79 Å². The quantitative estimate of drug-likeness (QED) is 0.663. The van der Waals surface area contributed by atoms with Gasteiger partial charge in [-0.3, -0.25) is 9.78 Å². The first-order chi connectivity index (χ1) is 12.1. The standard InChI is InChI=1S/C18H18N6O/c1-12-9-16(19-2)24-18(21-12)23-14-6-3-5-13(10-14)17(25)22-15-7-4-8-20-11-15/h3-11H,1-2H3,(H,22,25)(H2,19,21,23,24). The lowest BCUT2D eigenvalue weighted by Gasteiger charge is -2.09. The van der Waals surface area contributed by atoms with Gasteiger partial charge in [-0.05, 0) is 37.3 Å². The number of carbonyl (C=O) groups excluding carboxylic acids is 1. The third-order valence-corrected chi connectivity index (χ3v) is 3.41. The minimum absolute atomic E-state index is 0.210. The summed E-state index contributed by atoms with van der Waals surface area (Å²) >= 11 is 0. The molecule has 7 heteroatoms. The van der Waals surface area contributed by atoms with E-state index in [0.717, 1.165) is 17.2 Å². The fraction of sp³-hybridized carbons (Fsp3) is 0.111. The molecule has 2 aromatic heterocycles. The highest BCUT2D eigenvalue weighted by Gasteiger charge is 2.08. The number of hydrogen-bond acceptors (Lipinski definition) is 6. The van der Waals surface area contributed by atoms with E-state index in [1.54, 1.807) is 49.8 Å². The van der Waals surface area contributed by atoms with E-state index in [4.69, 9.17) is 0 Å². The summed E-state index contributed by atoms with van der Waals surface area (Å²) in [7, 11) is 1.80. The lowest BCUT2D eigenvalue weighted by Crippen LogP contribution is -2.12. The number of aryl methyl sites for hydroxylation is 1. The third kappa shape index (κ3) is 4.29. The van der Waals surface area contributed by atoms with Crippen molar-refractivity contribution in [3.05, 3.63) is 66.1 Å². The first-order valence-electron chi connectivity index (χ1n) is 7.76. The average molecular weight is 334 g/mol. The van der Waals surface area contributed by atoms with Gasteiger partial charge in [-0.2, -0.15) is 4.98 Å². The van der Waals surface area contributed by atoms with Crippen LogP contribution in [0.2, 0.25) is 0 Å². The molecule has 126 valence electrons. The highest BCUT2D eigenvalue weighted by molar-refractivity contribution is 6.04. The van der Waals surface area contributed by atoms with E-state index in [1.165, 1.54) is 0 Å². The normalized spacial score (nSPS) is 10.2. The fourth-order valence-electron chi connectivity index (χ4n) is 2.26. The molecule has 0 aliphatic carbocycles. The molecule has 0 saturated heterocycles. The number of nitrogens with zero attached hydrogens (tertiary/aromatic N) is 3. The maximum absolute atomic E-state index is 12.4. The molecule has 3 rings (SSSR count). The predicted octanol–water partition coefficient (Wildman–Crippen LogP) is 3.22. The summed E-state index contributed by atoms with van der Waals surface area (Å²) in [5.41, 5.74) is 2.74. The van der Waals surface area contributed by atoms with Crippen LogP contribution in [0.5, 0.6) is 0 Å². The molecule has 25 heavy (non-hydrogen) atoms. The summed E-state index contributed by atoms with van der Waals surface area (Å²) < 4.78 is 0. The SMILES string of the molecule is CNc1cc(C)nc(Nc2cccc(C(=O)Nc3cccnc3)c2)n1. The van der Waals surface area contributed by atoms with Gasteiger partial charge in [0.2, 0.25) is 5.95 Å². The molecular formula is C18H18N6O. The zero-order valence-corrected chi connectivity index (χ0v) is 13.9. The van der Waals surface area contributed by atoms with Crippen LogP contribution in [0.3, 0.4) is 0 Å². The van der Waals surface area contributed by atoms with Crippen molar-refractivity contribution < 1.29 is 4.79 Å². The van der Waals surface area contributed by atoms with Crippen LogP contribution in [0.1, 0.15) is 16.1 Å². The molecule has 0 fully saturated rings. The number of benzene rings is 1. The molecule has 3 N–H and O–H groups in total. The Morgan fingerprint density at radius 3 is 2.64 bits per heavy atom. The van der Waals surface area contributed by atoms with Crippen LogP contribution in [0.4, 0.5) is 23.1 Å². The predicted molar refractivity (Wildman–Crippen MR) is 98.2 cm³/mol. The largest absolute Gasteiger partial charge is 0.373 e. The van der Waals surface area contributed by atoms with Gasteiger partial charge in [-0.25, -0.2) is 4.98 Å². The molecule has 1 amide bonds. The molecule has 0 radical (unpaired) electrons. The Labute approximate surface area is 145 Å². The molecule has 0 bridgehead atoms. The Balaban J connectivity index is 1.77. The van der Waals surface area contributed by atoms with Gasteiger partial charge in [0.05, 0.1) is 11.9 Å². The molecule has 3 aromatic rings. The van der Waals surface area contributed by atoms with Gasteiger partial charge in [-0.15, -0.1) is 0 Å². The van der Waals surface area contributed by atoms with Crippen molar-refractivity contribution in [1.29, 1.82) is 0 Å². The highest BCUT2D eigenvalue weighted by Crippen LogP contribution is 2.18. The molecule has 7 nitrogen and oxygen atoms in total. The second-order valence-electron chi connectivity index (χ2n) is 5.37. The number of pyridine rings is 1. The summed E-state index contributed by atoms with van der Waals surface area (Å²) in [5, 5.41) is 8.92. The lowest BCUT2D eigenvalue weighted by molar-refractivity contribution is 0.102. The second-order valence-corrected chi connectivity index (χ2v) is 5.37. The zero-order valence-electron chi connectivity index (χ0n) is 13.9. The van der Waals surface area contributed by atoms with Crippen molar-refractivity contribution in [2.24, 2.45) is 0 Å². The summed E-state index contributed by atoms with van der Waals surface area (Å²) in [6.07, 6.45) is 3.25. The van der Waals surface area contributed by atoms with Crippen molar-refractivity contribution in [3.8, 4) is 0 Å². The minimum atomic E-state index is -0.210. The van der Waals surface area contributed by atoms with Crippen molar-refractivity contribution in [2.45, 2.75) is 6.92 Å². The van der Waals surface area contributed by atoms with Crippen LogP contribution < -0.4 is 16.0 Å². The molecule has 0 saturated carbocycles. The van der Waals surface area contributed by atoms with E-state index < -0.39 is 0 Å². The van der Waals surface area contributed by atoms with E-state index in [-0.39, 0.29) is 5.91 Å². The van der Waals surface area contributed by atoms with Crippen LogP contribution in [0, 0.1) is 6.92 Å². The molecule has 0 aliphatic rings. The van der Waals surface area contributed by atoms with Crippen molar-refractivity contribution >= 4 is 29.0 Å². The van der Waals surface area contributed by atoms with Gasteiger partial charge in [0.1, 0.15) is 5.82 Å². The maximum Gasteiger partial charge on any atom is 0.255 e. The lowest BCUT2D eigenvalue weighted by atomic mass is 10.2. The fourth-order valence-corrected chi connectivity index (χ4v) is 2.26. The molecular weight excluding hydrogens is 316 g/mol. The van der Waals surface area contributed by atoms with Crippen LogP contribution in [0.15, 0.2) is 54.9 Å². The average Bonchev–Trinajstić information content (AvgIpc) is 2.62. The first kappa shape index (κ1) is 16.4. The monoisotopic (exact) mass is 334 g/mol. The Kier molecular flexibility index (Phi) is 4.84. The molecule has 2 heterocycles. The highest BCUT2D eigenvalue weighted by atomic mass is 16.1. The maximum atomic E-state index is 12.4. The molecule has 0 unspecified atom stereocenters. The van der Waals surface area contributed by atoms with Gasteiger partial charge in [0, 0.05) is 36.3 Å². The summed E-state index contributed by atoms with van der Waals surface area (Å²) in [5.74, 6) is 0.979. The zero-order chi connectivity index (χ0) is 17.6. The number of aromatic nitrogens is 3. The third-order valence-electron chi connectivity index (χ3n) is 3.41. The van der Waals surface area contributed by atoms with Gasteiger partial charge >= 0.3 is 0 Å². The van der Waals surface area contributed by atoms with Crippen LogP contribution >= 0.6 is 0 Å². The number of amides is 1. The second kappa shape index (κ2) is 7.39. The number of rotatable bonds is 5. The van der Waals surface area contributed by atoms with Gasteiger partial charge in [0.25, 0.3) is 5.91 Å². The number of nitrogens with one attached hydrogen (secondary N) is 3. The van der Waals surface area contributed by atoms with E-state index >= 15 is 0 Å². The van der Waals surface area contributed by atoms with E-state index in [0.29, 0.717) is 17.2 Å². The smallest absolute Gasteiger partial charge is 0.255 e. The Morgan fingerprint density at radius 2 is 1.88 bits per heavy atom. The van der Waals surface area contributed by atoms with Crippen LogP contribution in [-0.2, 0) is 0 Å². The van der Waals surface area contributed by atoms with E-state index in [2.05, 4.69) is 30.9 Å². The summed E-state index contributed by atoms with van der Waals surface area (Å²) in [6, 6.07) is 12.5. The molecule has 0 spiro atoms. The van der Waals surface area contributed by atoms with Crippen LogP contribution in [-0.4, -0.2) is 27.9 Å².